The minimum atomic E-state index is -0.0526. The maximum absolute atomic E-state index is 12.0. The predicted molar refractivity (Wildman–Crippen MR) is 129 cm³/mol. The zero-order valence-electron chi connectivity index (χ0n) is 20.4. The van der Waals surface area contributed by atoms with Crippen LogP contribution in [0, 0.1) is 31.6 Å². The van der Waals surface area contributed by atoms with Crippen LogP contribution in [0.1, 0.15) is 55.8 Å². The number of likely N-dealkylation sites (N-methyl/N-ethyl adjacent to an activating group) is 1. The summed E-state index contributed by atoms with van der Waals surface area (Å²) in [6, 6.07) is 0. The molecule has 1 saturated heterocycles. The number of allylic oxidation sites excluding steroid dienone is 2. The Morgan fingerprint density at radius 1 is 1.27 bits per heavy atom. The molecular formula is C26H36N4O3. The number of hydrogen-bond donors (Lipinski definition) is 1. The van der Waals surface area contributed by atoms with E-state index in [0.717, 1.165) is 37.0 Å². The summed E-state index contributed by atoms with van der Waals surface area (Å²) in [4.78, 5) is 31.7. The quantitative estimate of drug-likeness (QED) is 0.695. The number of nitrogens with zero attached hydrogens (tertiary/aromatic N) is 3. The van der Waals surface area contributed by atoms with E-state index in [-0.39, 0.29) is 11.8 Å². The van der Waals surface area contributed by atoms with Crippen LogP contribution in [0.15, 0.2) is 52.9 Å². The second-order valence-electron chi connectivity index (χ2n) is 9.02. The summed E-state index contributed by atoms with van der Waals surface area (Å²) in [6.45, 7) is 16.2. The van der Waals surface area contributed by atoms with E-state index in [1.165, 1.54) is 6.42 Å². The van der Waals surface area contributed by atoms with Crippen molar-refractivity contribution in [3.8, 4) is 0 Å². The van der Waals surface area contributed by atoms with Crippen molar-refractivity contribution in [2.75, 3.05) is 19.6 Å². The van der Waals surface area contributed by atoms with Crippen LogP contribution in [0.5, 0.6) is 0 Å². The molecular weight excluding hydrogens is 416 g/mol. The Morgan fingerprint density at radius 3 is 2.55 bits per heavy atom. The average molecular weight is 453 g/mol. The lowest BCUT2D eigenvalue weighted by Gasteiger charge is -2.21. The Labute approximate surface area is 196 Å². The van der Waals surface area contributed by atoms with Gasteiger partial charge in [-0.2, -0.15) is 0 Å². The molecule has 3 aliphatic rings. The standard InChI is InChI=1S/C15H22N2O.C11H14N2O2/c1-5-12(3)9-10-17-11-14(8-7-13(17)4)15(18)16-6-2;1-6-10(15-7(2)12-6)11(14)13-4-8-3-9(8)5-13/h7-12H,4-6H2,1-3H3,(H,16,18);8-9H,3-5H2,1-2H3/b10-9-;. The monoisotopic (exact) mass is 452 g/mol. The molecule has 7 nitrogen and oxygen atoms in total. The number of nitrogens with one attached hydrogen (secondary N) is 1. The summed E-state index contributed by atoms with van der Waals surface area (Å²) in [5.74, 6) is 3.00. The van der Waals surface area contributed by atoms with Gasteiger partial charge in [-0.05, 0) is 50.2 Å². The van der Waals surface area contributed by atoms with Gasteiger partial charge in [0, 0.05) is 44.7 Å². The summed E-state index contributed by atoms with van der Waals surface area (Å²) >= 11 is 0. The van der Waals surface area contributed by atoms with Gasteiger partial charge >= 0.3 is 0 Å². The number of hydrogen-bond acceptors (Lipinski definition) is 5. The predicted octanol–water partition coefficient (Wildman–Crippen LogP) is 4.34. The van der Waals surface area contributed by atoms with E-state index in [4.69, 9.17) is 4.42 Å². The minimum absolute atomic E-state index is 0.0142. The van der Waals surface area contributed by atoms with Crippen LogP contribution >= 0.6 is 0 Å². The van der Waals surface area contributed by atoms with Crippen LogP contribution in [0.2, 0.25) is 0 Å². The maximum atomic E-state index is 12.0. The van der Waals surface area contributed by atoms with Crippen LogP contribution < -0.4 is 5.32 Å². The van der Waals surface area contributed by atoms with Crippen LogP contribution in [0.3, 0.4) is 0 Å². The lowest BCUT2D eigenvalue weighted by atomic mass is 10.1. The molecule has 4 rings (SSSR count). The van der Waals surface area contributed by atoms with Gasteiger partial charge in [-0.15, -0.1) is 0 Å². The third-order valence-corrected chi connectivity index (χ3v) is 6.25. The van der Waals surface area contributed by atoms with Crippen LogP contribution in [0.25, 0.3) is 0 Å². The highest BCUT2D eigenvalue weighted by Gasteiger charge is 2.47. The molecule has 2 amide bonds. The highest BCUT2D eigenvalue weighted by Crippen LogP contribution is 2.45. The molecule has 2 aliphatic heterocycles. The number of likely N-dealkylation sites (tertiary alicyclic amines) is 1. The number of fused-ring (bicyclic) bond motifs is 1. The molecule has 3 heterocycles. The van der Waals surface area contributed by atoms with E-state index in [0.29, 0.717) is 35.4 Å². The van der Waals surface area contributed by atoms with E-state index in [9.17, 15) is 9.59 Å². The van der Waals surface area contributed by atoms with E-state index >= 15 is 0 Å². The van der Waals surface area contributed by atoms with Gasteiger partial charge in [0.25, 0.3) is 11.8 Å². The Kier molecular flexibility index (Phi) is 7.95. The molecule has 1 N–H and O–H groups in total. The van der Waals surface area contributed by atoms with Crippen molar-refractivity contribution in [1.82, 2.24) is 20.1 Å². The Hall–Kier alpha value is -3.09. The van der Waals surface area contributed by atoms with Crippen molar-refractivity contribution in [2.45, 2.75) is 47.5 Å². The molecule has 3 unspecified atom stereocenters. The fourth-order valence-corrected chi connectivity index (χ4v) is 3.90. The zero-order valence-corrected chi connectivity index (χ0v) is 20.4. The van der Waals surface area contributed by atoms with Gasteiger partial charge < -0.3 is 19.5 Å². The van der Waals surface area contributed by atoms with E-state index in [1.807, 2.05) is 42.1 Å². The van der Waals surface area contributed by atoms with Crippen molar-refractivity contribution in [2.24, 2.45) is 17.8 Å². The van der Waals surface area contributed by atoms with Crippen LogP contribution in [-0.2, 0) is 4.79 Å². The van der Waals surface area contributed by atoms with Crippen molar-refractivity contribution in [3.63, 3.8) is 0 Å². The number of carbonyl (C=O) groups is 2. The first-order valence-electron chi connectivity index (χ1n) is 11.8. The highest BCUT2D eigenvalue weighted by molar-refractivity contribution is 5.96. The first-order chi connectivity index (χ1) is 15.7. The third kappa shape index (κ3) is 6.24. The number of oxazole rings is 1. The second kappa shape index (κ2) is 10.7. The van der Waals surface area contributed by atoms with Gasteiger partial charge in [-0.1, -0.05) is 32.9 Å². The molecule has 1 aromatic rings. The Morgan fingerprint density at radius 2 is 1.97 bits per heavy atom. The van der Waals surface area contributed by atoms with Gasteiger partial charge in [0.1, 0.15) is 0 Å². The largest absolute Gasteiger partial charge is 0.436 e. The number of aromatic nitrogens is 1. The Bertz CT molecular complexity index is 978. The van der Waals surface area contributed by atoms with Gasteiger partial charge in [0.15, 0.2) is 5.89 Å². The normalized spacial score (nSPS) is 22.0. The molecule has 2 fully saturated rings. The molecule has 1 aliphatic carbocycles. The van der Waals surface area contributed by atoms with Crippen molar-refractivity contribution in [3.05, 3.63) is 65.8 Å². The van der Waals surface area contributed by atoms with Crippen molar-refractivity contribution >= 4 is 11.8 Å². The third-order valence-electron chi connectivity index (χ3n) is 6.25. The highest BCUT2D eigenvalue weighted by atomic mass is 16.4. The molecule has 7 heteroatoms. The molecule has 3 atom stereocenters. The second-order valence-corrected chi connectivity index (χ2v) is 9.02. The Balaban J connectivity index is 0.000000188. The zero-order chi connectivity index (χ0) is 24.1. The smallest absolute Gasteiger partial charge is 0.291 e. The fraction of sp³-hybridized carbons (Fsp3) is 0.500. The van der Waals surface area contributed by atoms with Crippen LogP contribution in [-0.4, -0.2) is 46.2 Å². The topological polar surface area (TPSA) is 78.7 Å². The summed E-state index contributed by atoms with van der Waals surface area (Å²) in [5, 5.41) is 2.79. The molecule has 1 aromatic heterocycles. The fourth-order valence-electron chi connectivity index (χ4n) is 3.90. The molecule has 0 radical (unpaired) electrons. The van der Waals surface area contributed by atoms with Gasteiger partial charge in [-0.25, -0.2) is 4.98 Å². The molecule has 33 heavy (non-hydrogen) atoms. The van der Waals surface area contributed by atoms with Crippen LogP contribution in [0.4, 0.5) is 0 Å². The first-order valence-corrected chi connectivity index (χ1v) is 11.8. The molecule has 178 valence electrons. The average Bonchev–Trinajstić information content (AvgIpc) is 3.24. The lowest BCUT2D eigenvalue weighted by Crippen LogP contribution is -2.30. The first kappa shape index (κ1) is 24.6. The minimum Gasteiger partial charge on any atom is -0.436 e. The summed E-state index contributed by atoms with van der Waals surface area (Å²) in [5.41, 5.74) is 2.22. The van der Waals surface area contributed by atoms with Gasteiger partial charge in [0.2, 0.25) is 5.76 Å². The molecule has 0 bridgehead atoms. The van der Waals surface area contributed by atoms with E-state index in [1.54, 1.807) is 13.0 Å². The molecule has 1 saturated carbocycles. The molecule has 0 aromatic carbocycles. The summed E-state index contributed by atoms with van der Waals surface area (Å²) in [6.07, 6.45) is 12.0. The number of rotatable bonds is 6. The molecule has 0 spiro atoms. The SMILES string of the molecule is C=C1C=CC(C(=O)NCC)=CN1/C=C\C(C)CC.Cc1nc(C)c(C(=O)N2CC3CC3C2)o1. The maximum Gasteiger partial charge on any atom is 0.291 e. The lowest BCUT2D eigenvalue weighted by molar-refractivity contribution is -0.117. The summed E-state index contributed by atoms with van der Waals surface area (Å²) < 4.78 is 5.34. The summed E-state index contributed by atoms with van der Waals surface area (Å²) in [7, 11) is 0. The van der Waals surface area contributed by atoms with Gasteiger partial charge in [-0.3, -0.25) is 9.59 Å². The number of aryl methyl sites for hydroxylation is 2. The van der Waals surface area contributed by atoms with E-state index < -0.39 is 0 Å². The number of piperidine rings is 1. The van der Waals surface area contributed by atoms with Crippen molar-refractivity contribution in [1.29, 1.82) is 0 Å². The van der Waals surface area contributed by atoms with Crippen molar-refractivity contribution < 1.29 is 14.0 Å². The number of amides is 2. The van der Waals surface area contributed by atoms with E-state index in [2.05, 4.69) is 36.8 Å². The number of carbonyl (C=O) groups excluding carboxylic acids is 2. The van der Waals surface area contributed by atoms with Gasteiger partial charge in [0.05, 0.1) is 11.3 Å².